The molecule has 0 aromatic heterocycles. The van der Waals surface area contributed by atoms with E-state index in [9.17, 15) is 18.0 Å². The number of halogens is 3. The summed E-state index contributed by atoms with van der Waals surface area (Å²) in [6.45, 7) is 4.77. The van der Waals surface area contributed by atoms with Crippen LogP contribution in [0.1, 0.15) is 18.9 Å². The Hall–Kier alpha value is -1.82. The van der Waals surface area contributed by atoms with Crippen LogP contribution >= 0.6 is 0 Å². The summed E-state index contributed by atoms with van der Waals surface area (Å²) >= 11 is 0. The standard InChI is InChI=1S/C14H16F3NO2/c1-9(2)7-12(8-19)18-13(20)14(16,17)10-3-5-11(15)6-4-10/h3-6,12,19H,1,7-8H2,2H3,(H,18,20). The van der Waals surface area contributed by atoms with Crippen molar-refractivity contribution in [3.63, 3.8) is 0 Å². The lowest BCUT2D eigenvalue weighted by Crippen LogP contribution is -2.45. The summed E-state index contributed by atoms with van der Waals surface area (Å²) in [7, 11) is 0. The van der Waals surface area contributed by atoms with Crippen LogP contribution in [0.5, 0.6) is 0 Å². The Balaban J connectivity index is 2.83. The molecule has 6 heteroatoms. The molecule has 1 unspecified atom stereocenters. The van der Waals surface area contributed by atoms with Crippen molar-refractivity contribution < 1.29 is 23.1 Å². The fourth-order valence-electron chi connectivity index (χ4n) is 1.65. The van der Waals surface area contributed by atoms with Crippen molar-refractivity contribution in [1.82, 2.24) is 5.32 Å². The van der Waals surface area contributed by atoms with E-state index in [1.54, 1.807) is 6.92 Å². The maximum absolute atomic E-state index is 13.9. The molecular formula is C14H16F3NO2. The maximum atomic E-state index is 13.9. The number of hydrogen-bond acceptors (Lipinski definition) is 2. The highest BCUT2D eigenvalue weighted by atomic mass is 19.3. The van der Waals surface area contributed by atoms with Crippen LogP contribution in [0.25, 0.3) is 0 Å². The average Bonchev–Trinajstić information content (AvgIpc) is 2.37. The Morgan fingerprint density at radius 3 is 2.40 bits per heavy atom. The molecule has 0 aliphatic carbocycles. The van der Waals surface area contributed by atoms with Gasteiger partial charge in [-0.25, -0.2) is 4.39 Å². The molecule has 0 saturated carbocycles. The van der Waals surface area contributed by atoms with Crippen LogP contribution in [0.15, 0.2) is 36.4 Å². The molecule has 0 radical (unpaired) electrons. The van der Waals surface area contributed by atoms with Gasteiger partial charge in [0.05, 0.1) is 12.6 Å². The molecule has 20 heavy (non-hydrogen) atoms. The Morgan fingerprint density at radius 2 is 1.95 bits per heavy atom. The topological polar surface area (TPSA) is 49.3 Å². The van der Waals surface area contributed by atoms with E-state index >= 15 is 0 Å². The first-order chi connectivity index (χ1) is 9.27. The van der Waals surface area contributed by atoms with Crippen LogP contribution in [0, 0.1) is 5.82 Å². The fourth-order valence-corrected chi connectivity index (χ4v) is 1.65. The smallest absolute Gasteiger partial charge is 0.349 e. The highest BCUT2D eigenvalue weighted by Gasteiger charge is 2.41. The molecule has 0 aliphatic heterocycles. The molecule has 0 spiro atoms. The summed E-state index contributed by atoms with van der Waals surface area (Å²) < 4.78 is 40.4. The van der Waals surface area contributed by atoms with Crippen molar-refractivity contribution in [3.05, 3.63) is 47.8 Å². The van der Waals surface area contributed by atoms with E-state index < -0.39 is 35.9 Å². The fraction of sp³-hybridized carbons (Fsp3) is 0.357. The Kier molecular flexibility index (Phi) is 5.33. The molecule has 3 nitrogen and oxygen atoms in total. The maximum Gasteiger partial charge on any atom is 0.349 e. The van der Waals surface area contributed by atoms with Crippen molar-refractivity contribution in [2.45, 2.75) is 25.3 Å². The SMILES string of the molecule is C=C(C)CC(CO)NC(=O)C(F)(F)c1ccc(F)cc1. The zero-order valence-corrected chi connectivity index (χ0v) is 11.0. The van der Waals surface area contributed by atoms with Gasteiger partial charge < -0.3 is 10.4 Å². The van der Waals surface area contributed by atoms with Gasteiger partial charge in [0.25, 0.3) is 5.91 Å². The molecule has 0 saturated heterocycles. The number of alkyl halides is 2. The second kappa shape index (κ2) is 6.56. The number of nitrogens with one attached hydrogen (secondary N) is 1. The zero-order valence-electron chi connectivity index (χ0n) is 11.0. The van der Waals surface area contributed by atoms with Gasteiger partial charge in [0.1, 0.15) is 5.82 Å². The molecule has 2 N–H and O–H groups in total. The average molecular weight is 287 g/mol. The molecule has 1 aromatic rings. The highest BCUT2D eigenvalue weighted by molar-refractivity contribution is 5.85. The third kappa shape index (κ3) is 4.09. The molecule has 1 rings (SSSR count). The van der Waals surface area contributed by atoms with Crippen molar-refractivity contribution >= 4 is 5.91 Å². The van der Waals surface area contributed by atoms with Crippen molar-refractivity contribution in [2.24, 2.45) is 0 Å². The van der Waals surface area contributed by atoms with E-state index in [1.807, 2.05) is 0 Å². The second-order valence-corrected chi connectivity index (χ2v) is 4.60. The minimum absolute atomic E-state index is 0.196. The van der Waals surface area contributed by atoms with E-state index in [0.29, 0.717) is 5.57 Å². The second-order valence-electron chi connectivity index (χ2n) is 4.60. The minimum atomic E-state index is -3.80. The third-order valence-electron chi connectivity index (χ3n) is 2.64. The normalized spacial score (nSPS) is 12.8. The van der Waals surface area contributed by atoms with Crippen LogP contribution in [0.3, 0.4) is 0 Å². The minimum Gasteiger partial charge on any atom is -0.394 e. The van der Waals surface area contributed by atoms with E-state index in [0.717, 1.165) is 24.3 Å². The Bertz CT molecular complexity index is 486. The summed E-state index contributed by atoms with van der Waals surface area (Å²) in [4.78, 5) is 11.6. The molecule has 1 aromatic carbocycles. The van der Waals surface area contributed by atoms with Crippen LogP contribution in [0.2, 0.25) is 0 Å². The van der Waals surface area contributed by atoms with E-state index in [-0.39, 0.29) is 6.42 Å². The van der Waals surface area contributed by atoms with Crippen LogP contribution in [-0.4, -0.2) is 23.7 Å². The monoisotopic (exact) mass is 287 g/mol. The van der Waals surface area contributed by atoms with E-state index in [4.69, 9.17) is 5.11 Å². The van der Waals surface area contributed by atoms with Gasteiger partial charge in [-0.15, -0.1) is 6.58 Å². The quantitative estimate of drug-likeness (QED) is 0.789. The van der Waals surface area contributed by atoms with Crippen LogP contribution in [0.4, 0.5) is 13.2 Å². The van der Waals surface area contributed by atoms with E-state index in [2.05, 4.69) is 11.9 Å². The number of rotatable bonds is 6. The summed E-state index contributed by atoms with van der Waals surface area (Å²) in [5.41, 5.74) is 0.0397. The number of carbonyl (C=O) groups is 1. The van der Waals surface area contributed by atoms with Gasteiger partial charge in [-0.3, -0.25) is 4.79 Å². The molecule has 0 fully saturated rings. The first-order valence-corrected chi connectivity index (χ1v) is 5.97. The van der Waals surface area contributed by atoms with Gasteiger partial charge in [0.2, 0.25) is 0 Å². The summed E-state index contributed by atoms with van der Waals surface area (Å²) in [5.74, 6) is -6.00. The van der Waals surface area contributed by atoms with E-state index in [1.165, 1.54) is 0 Å². The number of hydrogen-bond donors (Lipinski definition) is 2. The number of carbonyl (C=O) groups excluding carboxylic acids is 1. The molecule has 1 amide bonds. The lowest BCUT2D eigenvalue weighted by atomic mass is 10.1. The predicted molar refractivity (Wildman–Crippen MR) is 68.7 cm³/mol. The molecule has 1 atom stereocenters. The van der Waals surface area contributed by atoms with Gasteiger partial charge in [0, 0.05) is 5.56 Å². The third-order valence-corrected chi connectivity index (χ3v) is 2.64. The molecule has 0 aliphatic rings. The Morgan fingerprint density at radius 1 is 1.40 bits per heavy atom. The number of aliphatic hydroxyl groups excluding tert-OH is 1. The number of aliphatic hydroxyl groups is 1. The lowest BCUT2D eigenvalue weighted by molar-refractivity contribution is -0.148. The Labute approximate surface area is 115 Å². The lowest BCUT2D eigenvalue weighted by Gasteiger charge is -2.21. The van der Waals surface area contributed by atoms with Crippen LogP contribution < -0.4 is 5.32 Å². The van der Waals surface area contributed by atoms with Crippen molar-refractivity contribution in [2.75, 3.05) is 6.61 Å². The molecular weight excluding hydrogens is 271 g/mol. The van der Waals surface area contributed by atoms with Crippen molar-refractivity contribution in [3.8, 4) is 0 Å². The van der Waals surface area contributed by atoms with Gasteiger partial charge in [-0.2, -0.15) is 8.78 Å². The molecule has 0 bridgehead atoms. The summed E-state index contributed by atoms with van der Waals surface area (Å²) in [6.07, 6.45) is 0.196. The summed E-state index contributed by atoms with van der Waals surface area (Å²) in [5, 5.41) is 11.1. The predicted octanol–water partition coefficient (Wildman–Crippen LogP) is 2.36. The van der Waals surface area contributed by atoms with Gasteiger partial charge in [-0.05, 0) is 37.6 Å². The first-order valence-electron chi connectivity index (χ1n) is 5.97. The molecule has 0 heterocycles. The first kappa shape index (κ1) is 16.2. The van der Waals surface area contributed by atoms with Gasteiger partial charge in [0.15, 0.2) is 0 Å². The van der Waals surface area contributed by atoms with Gasteiger partial charge >= 0.3 is 5.92 Å². The number of benzene rings is 1. The number of amides is 1. The van der Waals surface area contributed by atoms with Gasteiger partial charge in [-0.1, -0.05) is 5.57 Å². The zero-order chi connectivity index (χ0) is 15.3. The summed E-state index contributed by atoms with van der Waals surface area (Å²) in [6, 6.07) is 2.58. The van der Waals surface area contributed by atoms with Crippen molar-refractivity contribution in [1.29, 1.82) is 0 Å². The largest absolute Gasteiger partial charge is 0.394 e. The highest BCUT2D eigenvalue weighted by Crippen LogP contribution is 2.28. The molecule has 110 valence electrons. The van der Waals surface area contributed by atoms with Crippen LogP contribution in [-0.2, 0) is 10.7 Å².